The number of nitrogens with one attached hydrogen (secondary N) is 2. The van der Waals surface area contributed by atoms with Crippen molar-refractivity contribution in [2.75, 3.05) is 12.4 Å². The molecule has 0 aliphatic carbocycles. The van der Waals surface area contributed by atoms with E-state index in [9.17, 15) is 14.4 Å². The van der Waals surface area contributed by atoms with E-state index in [1.54, 1.807) is 30.3 Å². The van der Waals surface area contributed by atoms with Crippen LogP contribution < -0.4 is 10.6 Å². The third-order valence-electron chi connectivity index (χ3n) is 4.18. The van der Waals surface area contributed by atoms with Gasteiger partial charge in [0.15, 0.2) is 0 Å². The van der Waals surface area contributed by atoms with Gasteiger partial charge in [-0.1, -0.05) is 38.1 Å². The van der Waals surface area contributed by atoms with Gasteiger partial charge < -0.3 is 15.4 Å². The highest BCUT2D eigenvalue weighted by Crippen LogP contribution is 2.14. The largest absolute Gasteiger partial charge is 0.465 e. The van der Waals surface area contributed by atoms with Crippen LogP contribution in [0, 0.1) is 12.8 Å². The van der Waals surface area contributed by atoms with Crippen molar-refractivity contribution < 1.29 is 19.1 Å². The van der Waals surface area contributed by atoms with Gasteiger partial charge in [-0.15, -0.1) is 0 Å². The number of benzene rings is 2. The normalized spacial score (nSPS) is 11.6. The van der Waals surface area contributed by atoms with E-state index in [-0.39, 0.29) is 17.7 Å². The molecule has 0 aliphatic rings. The highest BCUT2D eigenvalue weighted by atomic mass is 16.5. The molecule has 0 saturated carbocycles. The minimum Gasteiger partial charge on any atom is -0.465 e. The van der Waals surface area contributed by atoms with Crippen LogP contribution >= 0.6 is 0 Å². The van der Waals surface area contributed by atoms with Crippen LogP contribution in [-0.4, -0.2) is 30.9 Å². The number of aryl methyl sites for hydroxylation is 1. The van der Waals surface area contributed by atoms with Crippen LogP contribution in [0.5, 0.6) is 0 Å². The molecular weight excluding hydrogens is 344 g/mol. The van der Waals surface area contributed by atoms with Gasteiger partial charge in [-0.3, -0.25) is 9.59 Å². The Hall–Kier alpha value is -3.15. The molecule has 0 unspecified atom stereocenters. The van der Waals surface area contributed by atoms with Crippen LogP contribution in [0.2, 0.25) is 0 Å². The molecule has 0 aromatic heterocycles. The third-order valence-corrected chi connectivity index (χ3v) is 4.18. The van der Waals surface area contributed by atoms with Crippen molar-refractivity contribution in [1.82, 2.24) is 5.32 Å². The van der Waals surface area contributed by atoms with Gasteiger partial charge in [0.2, 0.25) is 5.91 Å². The van der Waals surface area contributed by atoms with Crippen LogP contribution in [0.25, 0.3) is 0 Å². The van der Waals surface area contributed by atoms with Crippen LogP contribution in [0.15, 0.2) is 48.5 Å². The predicted octanol–water partition coefficient (Wildman–Crippen LogP) is 3.17. The zero-order valence-corrected chi connectivity index (χ0v) is 15.9. The lowest BCUT2D eigenvalue weighted by molar-refractivity contribution is -0.118. The molecule has 2 aromatic carbocycles. The summed E-state index contributed by atoms with van der Waals surface area (Å²) >= 11 is 0. The number of anilines is 1. The zero-order chi connectivity index (χ0) is 20.0. The lowest BCUT2D eigenvalue weighted by Gasteiger charge is -2.22. The smallest absolute Gasteiger partial charge is 0.337 e. The lowest BCUT2D eigenvalue weighted by Crippen LogP contribution is -2.47. The molecule has 0 aliphatic heterocycles. The monoisotopic (exact) mass is 368 g/mol. The fourth-order valence-electron chi connectivity index (χ4n) is 2.64. The predicted molar refractivity (Wildman–Crippen MR) is 104 cm³/mol. The summed E-state index contributed by atoms with van der Waals surface area (Å²) < 4.78 is 4.69. The molecule has 0 bridgehead atoms. The molecule has 6 nitrogen and oxygen atoms in total. The molecule has 2 rings (SSSR count). The minimum absolute atomic E-state index is 0.123. The van der Waals surface area contributed by atoms with Crippen LogP contribution in [0.3, 0.4) is 0 Å². The number of hydrogen-bond acceptors (Lipinski definition) is 4. The first-order valence-electron chi connectivity index (χ1n) is 8.69. The Bertz CT molecular complexity index is 846. The molecule has 2 aromatic rings. The number of esters is 1. The lowest BCUT2D eigenvalue weighted by atomic mass is 10.0. The fraction of sp³-hybridized carbons (Fsp3) is 0.286. The number of carbonyl (C=O) groups excluding carboxylic acids is 3. The van der Waals surface area contributed by atoms with E-state index in [4.69, 9.17) is 0 Å². The van der Waals surface area contributed by atoms with Crippen molar-refractivity contribution in [2.45, 2.75) is 26.8 Å². The number of amides is 2. The Morgan fingerprint density at radius 2 is 1.70 bits per heavy atom. The first-order valence-corrected chi connectivity index (χ1v) is 8.69. The summed E-state index contributed by atoms with van der Waals surface area (Å²) in [6, 6.07) is 12.9. The zero-order valence-electron chi connectivity index (χ0n) is 15.9. The van der Waals surface area contributed by atoms with Crippen LogP contribution in [0.4, 0.5) is 5.69 Å². The molecule has 2 N–H and O–H groups in total. The molecule has 2 amide bonds. The van der Waals surface area contributed by atoms with Gasteiger partial charge in [0.05, 0.1) is 12.7 Å². The van der Waals surface area contributed by atoms with E-state index < -0.39 is 12.0 Å². The van der Waals surface area contributed by atoms with E-state index in [2.05, 4.69) is 15.4 Å². The fourth-order valence-corrected chi connectivity index (χ4v) is 2.64. The van der Waals surface area contributed by atoms with Crippen LogP contribution in [0.1, 0.15) is 40.1 Å². The molecule has 0 radical (unpaired) electrons. The number of carbonyl (C=O) groups is 3. The van der Waals surface area contributed by atoms with E-state index in [1.165, 1.54) is 13.2 Å². The summed E-state index contributed by atoms with van der Waals surface area (Å²) in [5.41, 5.74) is 2.16. The molecule has 27 heavy (non-hydrogen) atoms. The van der Waals surface area contributed by atoms with Crippen LogP contribution in [-0.2, 0) is 9.53 Å². The van der Waals surface area contributed by atoms with Gasteiger partial charge in [-0.25, -0.2) is 4.79 Å². The van der Waals surface area contributed by atoms with Gasteiger partial charge >= 0.3 is 5.97 Å². The maximum Gasteiger partial charge on any atom is 0.337 e. The SMILES string of the molecule is COC(=O)c1cccc(NC(=O)[C@H](NC(=O)c2ccccc2C)C(C)C)c1. The second-order valence-electron chi connectivity index (χ2n) is 6.57. The first kappa shape index (κ1) is 20.2. The summed E-state index contributed by atoms with van der Waals surface area (Å²) in [4.78, 5) is 36.9. The number of methoxy groups -OCH3 is 1. The van der Waals surface area contributed by atoms with Gasteiger partial charge in [0.1, 0.15) is 6.04 Å². The van der Waals surface area contributed by atoms with E-state index in [1.807, 2.05) is 32.9 Å². The second kappa shape index (κ2) is 8.98. The van der Waals surface area contributed by atoms with Crippen molar-refractivity contribution in [1.29, 1.82) is 0 Å². The molecule has 0 spiro atoms. The quantitative estimate of drug-likeness (QED) is 0.767. The molecule has 142 valence electrons. The molecule has 0 fully saturated rings. The van der Waals surface area contributed by atoms with Crippen molar-refractivity contribution >= 4 is 23.5 Å². The Balaban J connectivity index is 2.15. The van der Waals surface area contributed by atoms with E-state index >= 15 is 0 Å². The molecular formula is C21H24N2O4. The standard InChI is InChI=1S/C21H24N2O4/c1-13(2)18(23-19(24)17-11-6-5-8-14(17)3)20(25)22-16-10-7-9-15(12-16)21(26)27-4/h5-13,18H,1-4H3,(H,22,25)(H,23,24)/t18-/m1/s1. The summed E-state index contributed by atoms with van der Waals surface area (Å²) in [6.07, 6.45) is 0. The highest BCUT2D eigenvalue weighted by molar-refractivity contribution is 6.02. The molecule has 6 heteroatoms. The third kappa shape index (κ3) is 5.17. The Morgan fingerprint density at radius 1 is 1.00 bits per heavy atom. The summed E-state index contributed by atoms with van der Waals surface area (Å²) in [7, 11) is 1.30. The number of hydrogen-bond donors (Lipinski definition) is 2. The molecule has 0 saturated heterocycles. The minimum atomic E-state index is -0.723. The average Bonchev–Trinajstić information content (AvgIpc) is 2.65. The van der Waals surface area contributed by atoms with Crippen molar-refractivity contribution in [3.8, 4) is 0 Å². The first-order chi connectivity index (χ1) is 12.8. The maximum atomic E-state index is 12.7. The molecule has 0 heterocycles. The number of ether oxygens (including phenoxy) is 1. The summed E-state index contributed by atoms with van der Waals surface area (Å²) in [6.45, 7) is 5.55. The summed E-state index contributed by atoms with van der Waals surface area (Å²) in [5, 5.41) is 5.55. The van der Waals surface area contributed by atoms with Crippen molar-refractivity contribution in [2.24, 2.45) is 5.92 Å². The van der Waals surface area contributed by atoms with E-state index in [0.29, 0.717) is 16.8 Å². The van der Waals surface area contributed by atoms with Gasteiger partial charge in [-0.05, 0) is 42.7 Å². The number of rotatable bonds is 6. The van der Waals surface area contributed by atoms with Crippen molar-refractivity contribution in [3.63, 3.8) is 0 Å². The second-order valence-corrected chi connectivity index (χ2v) is 6.57. The van der Waals surface area contributed by atoms with Gasteiger partial charge in [0, 0.05) is 11.3 Å². The van der Waals surface area contributed by atoms with E-state index in [0.717, 1.165) is 5.56 Å². The highest BCUT2D eigenvalue weighted by Gasteiger charge is 2.25. The van der Waals surface area contributed by atoms with Gasteiger partial charge in [-0.2, -0.15) is 0 Å². The topological polar surface area (TPSA) is 84.5 Å². The molecule has 1 atom stereocenters. The Morgan fingerprint density at radius 3 is 2.33 bits per heavy atom. The van der Waals surface area contributed by atoms with Crippen molar-refractivity contribution in [3.05, 3.63) is 65.2 Å². The Labute approximate surface area is 158 Å². The maximum absolute atomic E-state index is 12.7. The average molecular weight is 368 g/mol. The summed E-state index contributed by atoms with van der Waals surface area (Å²) in [5.74, 6) is -1.26. The van der Waals surface area contributed by atoms with Gasteiger partial charge in [0.25, 0.3) is 5.91 Å². The Kier molecular flexibility index (Phi) is 6.71.